The third kappa shape index (κ3) is 2.34. The molecule has 3 aromatic carbocycles. The second kappa shape index (κ2) is 5.74. The molecule has 4 heteroatoms. The van der Waals surface area contributed by atoms with Crippen LogP contribution in [0.5, 0.6) is 5.75 Å². The zero-order valence-electron chi connectivity index (χ0n) is 15.0. The van der Waals surface area contributed by atoms with Gasteiger partial charge in [-0.1, -0.05) is 36.4 Å². The molecule has 0 radical (unpaired) electrons. The van der Waals surface area contributed by atoms with Crippen molar-refractivity contribution < 1.29 is 9.53 Å². The Bertz CT molecular complexity index is 1370. The third-order valence-corrected chi connectivity index (χ3v) is 5.06. The lowest BCUT2D eigenvalue weighted by atomic mass is 10.0. The van der Waals surface area contributed by atoms with Crippen LogP contribution in [0, 0.1) is 17.4 Å². The van der Waals surface area contributed by atoms with Gasteiger partial charge in [0.2, 0.25) is 0 Å². The fourth-order valence-corrected chi connectivity index (χ4v) is 3.79. The molecule has 2 aliphatic heterocycles. The first-order valence-electron chi connectivity index (χ1n) is 8.82. The number of hydrogen-bond acceptors (Lipinski definition) is 4. The van der Waals surface area contributed by atoms with Crippen LogP contribution in [-0.4, -0.2) is 11.7 Å². The van der Waals surface area contributed by atoms with Crippen molar-refractivity contribution in [1.29, 1.82) is 0 Å². The largest absolute Gasteiger partial charge is 0.422 e. The first-order chi connectivity index (χ1) is 13.1. The molecule has 2 heterocycles. The maximum Gasteiger partial charge on any atom is 0.362 e. The Kier molecular flexibility index (Phi) is 3.34. The number of ether oxygens (including phenoxy) is 1. The van der Waals surface area contributed by atoms with E-state index in [4.69, 9.17) is 9.73 Å². The Hall–Kier alpha value is -3.53. The Morgan fingerprint density at radius 1 is 0.889 bits per heavy atom. The lowest BCUT2D eigenvalue weighted by molar-refractivity contribution is -0.126. The van der Waals surface area contributed by atoms with Crippen molar-refractivity contribution in [3.05, 3.63) is 87.2 Å². The SMILES string of the molecule is CC1=c2c(cc3c(c2C)N=c2ccccc2=3)N=C1C(=O)Oc1ccccc1. The van der Waals surface area contributed by atoms with Crippen molar-refractivity contribution in [2.45, 2.75) is 13.8 Å². The molecular weight excluding hydrogens is 336 g/mol. The highest BCUT2D eigenvalue weighted by Gasteiger charge is 2.25. The van der Waals surface area contributed by atoms with E-state index in [-0.39, 0.29) is 0 Å². The molecule has 0 fully saturated rings. The van der Waals surface area contributed by atoms with Gasteiger partial charge in [0, 0.05) is 15.7 Å². The highest BCUT2D eigenvalue weighted by atomic mass is 16.5. The number of rotatable bonds is 2. The van der Waals surface area contributed by atoms with Crippen molar-refractivity contribution in [2.75, 3.05) is 0 Å². The van der Waals surface area contributed by atoms with Crippen LogP contribution in [0.1, 0.15) is 12.5 Å². The maximum absolute atomic E-state index is 12.7. The van der Waals surface area contributed by atoms with Crippen molar-refractivity contribution in [1.82, 2.24) is 0 Å². The minimum absolute atomic E-state index is 0.355. The van der Waals surface area contributed by atoms with E-state index in [1.165, 1.54) is 0 Å². The first kappa shape index (κ1) is 15.7. The van der Waals surface area contributed by atoms with E-state index < -0.39 is 5.97 Å². The predicted molar refractivity (Wildman–Crippen MR) is 104 cm³/mol. The zero-order valence-corrected chi connectivity index (χ0v) is 15.0. The van der Waals surface area contributed by atoms with Gasteiger partial charge >= 0.3 is 5.97 Å². The summed E-state index contributed by atoms with van der Waals surface area (Å²) in [7, 11) is 0. The Balaban J connectivity index is 1.67. The molecule has 0 aromatic heterocycles. The van der Waals surface area contributed by atoms with Crippen LogP contribution < -0.4 is 15.3 Å². The summed E-state index contributed by atoms with van der Waals surface area (Å²) < 4.78 is 5.48. The van der Waals surface area contributed by atoms with E-state index in [9.17, 15) is 4.79 Å². The second-order valence-electron chi connectivity index (χ2n) is 6.71. The fraction of sp³-hybridized carbons (Fsp3) is 0.0870. The van der Waals surface area contributed by atoms with Crippen LogP contribution in [0.2, 0.25) is 0 Å². The van der Waals surface area contributed by atoms with E-state index in [1.807, 2.05) is 56.3 Å². The molecule has 27 heavy (non-hydrogen) atoms. The van der Waals surface area contributed by atoms with Crippen LogP contribution >= 0.6 is 0 Å². The van der Waals surface area contributed by atoms with Crippen LogP contribution in [0.25, 0.3) is 5.57 Å². The summed E-state index contributed by atoms with van der Waals surface area (Å²) in [5.74, 6) is 0.0731. The predicted octanol–water partition coefficient (Wildman–Crippen LogP) is 3.41. The first-order valence-corrected chi connectivity index (χ1v) is 8.82. The van der Waals surface area contributed by atoms with Crippen molar-refractivity contribution in [2.24, 2.45) is 9.98 Å². The van der Waals surface area contributed by atoms with Gasteiger partial charge in [0.05, 0.1) is 16.7 Å². The van der Waals surface area contributed by atoms with Crippen LogP contribution in [0.15, 0.2) is 70.6 Å². The summed E-state index contributed by atoms with van der Waals surface area (Å²) in [5, 5.41) is 4.12. The monoisotopic (exact) mass is 352 g/mol. The van der Waals surface area contributed by atoms with Gasteiger partial charge in [-0.3, -0.25) is 0 Å². The molecule has 4 nitrogen and oxygen atoms in total. The van der Waals surface area contributed by atoms with Gasteiger partial charge in [0.25, 0.3) is 0 Å². The minimum atomic E-state index is -0.438. The molecule has 5 rings (SSSR count). The van der Waals surface area contributed by atoms with Crippen LogP contribution in [-0.2, 0) is 4.79 Å². The minimum Gasteiger partial charge on any atom is -0.422 e. The summed E-state index contributed by atoms with van der Waals surface area (Å²) in [6, 6.07) is 19.2. The average molecular weight is 352 g/mol. The van der Waals surface area contributed by atoms with Crippen molar-refractivity contribution in [3.8, 4) is 5.75 Å². The lowest BCUT2D eigenvalue weighted by Gasteiger charge is -2.04. The highest BCUT2D eigenvalue weighted by Crippen LogP contribution is 2.28. The van der Waals surface area contributed by atoms with Gasteiger partial charge in [-0.25, -0.2) is 14.8 Å². The summed E-state index contributed by atoms with van der Waals surface area (Å²) in [4.78, 5) is 22.0. The molecule has 0 bridgehead atoms. The van der Waals surface area contributed by atoms with Gasteiger partial charge < -0.3 is 4.74 Å². The number of carbonyl (C=O) groups is 1. The van der Waals surface area contributed by atoms with E-state index in [2.05, 4.69) is 11.1 Å². The van der Waals surface area contributed by atoms with Gasteiger partial charge in [-0.2, -0.15) is 0 Å². The second-order valence-corrected chi connectivity index (χ2v) is 6.71. The summed E-state index contributed by atoms with van der Waals surface area (Å²) in [6.07, 6.45) is 0. The molecule has 130 valence electrons. The number of hydrogen-bond donors (Lipinski definition) is 0. The standard InChI is InChI=1S/C23H16N2O2/c1-13-20-14(2)22(23(26)27-15-8-4-3-5-9-15)25-19(20)12-17-16-10-6-7-11-18(16)24-21(13)17/h3-12H,1-2H3. The maximum atomic E-state index is 12.7. The molecule has 0 N–H and O–H groups in total. The van der Waals surface area contributed by atoms with Crippen molar-refractivity contribution >= 4 is 28.6 Å². The van der Waals surface area contributed by atoms with Gasteiger partial charge in [-0.05, 0) is 49.2 Å². The van der Waals surface area contributed by atoms with E-state index in [1.54, 1.807) is 12.1 Å². The van der Waals surface area contributed by atoms with Gasteiger partial charge in [0.15, 0.2) is 5.71 Å². The third-order valence-electron chi connectivity index (χ3n) is 5.06. The molecular formula is C23H16N2O2. The number of para-hydroxylation sites is 2. The average Bonchev–Trinajstić information content (AvgIpc) is 3.22. The quantitative estimate of drug-likeness (QED) is 0.410. The molecule has 0 saturated carbocycles. The van der Waals surface area contributed by atoms with Gasteiger partial charge in [-0.15, -0.1) is 0 Å². The Morgan fingerprint density at radius 3 is 2.44 bits per heavy atom. The van der Waals surface area contributed by atoms with Crippen LogP contribution in [0.4, 0.5) is 11.4 Å². The number of benzene rings is 3. The number of carbonyl (C=O) groups excluding carboxylic acids is 1. The van der Waals surface area contributed by atoms with Crippen LogP contribution in [0.3, 0.4) is 0 Å². The van der Waals surface area contributed by atoms with Gasteiger partial charge in [0.1, 0.15) is 5.75 Å². The van der Waals surface area contributed by atoms with E-state index in [0.717, 1.165) is 43.5 Å². The van der Waals surface area contributed by atoms with Crippen molar-refractivity contribution in [3.63, 3.8) is 0 Å². The molecule has 0 aliphatic carbocycles. The smallest absolute Gasteiger partial charge is 0.362 e. The van der Waals surface area contributed by atoms with E-state index >= 15 is 0 Å². The summed E-state index contributed by atoms with van der Waals surface area (Å²) in [6.45, 7) is 3.95. The number of aliphatic imine (C=N–C) groups is 1. The molecule has 2 aliphatic rings. The molecule has 0 atom stereocenters. The Morgan fingerprint density at radius 2 is 1.63 bits per heavy atom. The number of nitrogens with zero attached hydrogens (tertiary/aromatic N) is 2. The fourth-order valence-electron chi connectivity index (χ4n) is 3.79. The highest BCUT2D eigenvalue weighted by molar-refractivity contribution is 6.53. The molecule has 0 unspecified atom stereocenters. The molecule has 0 spiro atoms. The summed E-state index contributed by atoms with van der Waals surface area (Å²) >= 11 is 0. The summed E-state index contributed by atoms with van der Waals surface area (Å²) in [5.41, 5.74) is 3.99. The molecule has 0 saturated heterocycles. The number of esters is 1. The zero-order chi connectivity index (χ0) is 18.5. The number of fused-ring (bicyclic) bond motifs is 3. The Labute approximate surface area is 155 Å². The normalized spacial score (nSPS) is 13.4. The van der Waals surface area contributed by atoms with E-state index in [0.29, 0.717) is 11.5 Å². The molecule has 3 aromatic rings. The lowest BCUT2D eigenvalue weighted by Crippen LogP contribution is -2.21. The topological polar surface area (TPSA) is 51.0 Å². The molecule has 0 amide bonds.